The maximum absolute atomic E-state index is 8.95. The molecule has 0 aliphatic carbocycles. The van der Waals surface area contributed by atoms with Gasteiger partial charge in [-0.3, -0.25) is 0 Å². The third-order valence-electron chi connectivity index (χ3n) is 3.35. The second kappa shape index (κ2) is 4.75. The highest BCUT2D eigenvalue weighted by molar-refractivity contribution is 5.85. The van der Waals surface area contributed by atoms with Crippen LogP contribution in [0.15, 0.2) is 30.3 Å². The zero-order valence-corrected chi connectivity index (χ0v) is 10.9. The molecule has 0 saturated heterocycles. The lowest BCUT2D eigenvalue weighted by Gasteiger charge is -2.06. The number of nitriles is 1. The van der Waals surface area contributed by atoms with Gasteiger partial charge >= 0.3 is 0 Å². The number of rotatable bonds is 1. The summed E-state index contributed by atoms with van der Waals surface area (Å²) in [5, 5.41) is 12.3. The molecule has 1 aromatic heterocycles. The van der Waals surface area contributed by atoms with Gasteiger partial charge in [0.25, 0.3) is 0 Å². The van der Waals surface area contributed by atoms with E-state index in [0.717, 1.165) is 18.7 Å². The van der Waals surface area contributed by atoms with E-state index >= 15 is 0 Å². The quantitative estimate of drug-likeness (QED) is 0.855. The van der Waals surface area contributed by atoms with Gasteiger partial charge in [0.15, 0.2) is 0 Å². The van der Waals surface area contributed by atoms with Gasteiger partial charge in [0, 0.05) is 25.0 Å². The van der Waals surface area contributed by atoms with E-state index in [4.69, 9.17) is 5.26 Å². The van der Waals surface area contributed by atoms with E-state index in [0.29, 0.717) is 5.69 Å². The number of nitrogens with one attached hydrogen (secondary N) is 1. The number of hydrogen-bond donors (Lipinski definition) is 1. The molecular weight excluding hydrogens is 246 g/mol. The molecular formula is C14H14ClN3. The minimum Gasteiger partial charge on any atom is -0.384 e. The average Bonchev–Trinajstić information content (AvgIpc) is 2.94. The molecule has 0 bridgehead atoms. The lowest BCUT2D eigenvalue weighted by molar-refractivity contribution is 0.917. The maximum Gasteiger partial charge on any atom is 0.120 e. The fraction of sp³-hybridized carbons (Fsp3) is 0.214. The van der Waals surface area contributed by atoms with Gasteiger partial charge in [-0.15, -0.1) is 12.4 Å². The molecule has 18 heavy (non-hydrogen) atoms. The molecule has 4 heteroatoms. The first-order valence-corrected chi connectivity index (χ1v) is 5.72. The highest BCUT2D eigenvalue weighted by Gasteiger charge is 2.12. The Morgan fingerprint density at radius 2 is 2.11 bits per heavy atom. The van der Waals surface area contributed by atoms with Gasteiger partial charge in [-0.05, 0) is 41.8 Å². The molecule has 1 aliphatic rings. The fourth-order valence-electron chi connectivity index (χ4n) is 2.38. The van der Waals surface area contributed by atoms with E-state index in [-0.39, 0.29) is 12.4 Å². The van der Waals surface area contributed by atoms with Crippen LogP contribution in [-0.4, -0.2) is 11.1 Å². The molecule has 0 amide bonds. The molecule has 2 aromatic rings. The van der Waals surface area contributed by atoms with Gasteiger partial charge in [0.05, 0.1) is 0 Å². The Kier molecular flexibility index (Phi) is 3.31. The lowest BCUT2D eigenvalue weighted by Crippen LogP contribution is -1.94. The Balaban J connectivity index is 0.00000120. The van der Waals surface area contributed by atoms with Crippen molar-refractivity contribution in [2.24, 2.45) is 7.05 Å². The summed E-state index contributed by atoms with van der Waals surface area (Å²) in [5.41, 5.74) is 5.57. The van der Waals surface area contributed by atoms with E-state index in [9.17, 15) is 0 Å². The second-order valence-electron chi connectivity index (χ2n) is 4.32. The summed E-state index contributed by atoms with van der Waals surface area (Å²) < 4.78 is 1.93. The predicted octanol–water partition coefficient (Wildman–Crippen LogP) is 2.95. The van der Waals surface area contributed by atoms with Crippen LogP contribution in [0.25, 0.3) is 11.3 Å². The lowest BCUT2D eigenvalue weighted by atomic mass is 10.1. The van der Waals surface area contributed by atoms with Crippen molar-refractivity contribution in [2.75, 3.05) is 11.9 Å². The van der Waals surface area contributed by atoms with Crippen molar-refractivity contribution in [1.82, 2.24) is 4.57 Å². The summed E-state index contributed by atoms with van der Waals surface area (Å²) in [7, 11) is 1.93. The molecule has 1 aliphatic heterocycles. The zero-order chi connectivity index (χ0) is 11.8. The molecule has 1 N–H and O–H groups in total. The van der Waals surface area contributed by atoms with Gasteiger partial charge in [-0.1, -0.05) is 6.07 Å². The van der Waals surface area contributed by atoms with Crippen LogP contribution < -0.4 is 5.32 Å². The van der Waals surface area contributed by atoms with E-state index in [2.05, 4.69) is 29.6 Å². The third-order valence-corrected chi connectivity index (χ3v) is 3.35. The topological polar surface area (TPSA) is 40.8 Å². The van der Waals surface area contributed by atoms with E-state index in [1.807, 2.05) is 23.7 Å². The third kappa shape index (κ3) is 1.85. The average molecular weight is 260 g/mol. The number of hydrogen-bond acceptors (Lipinski definition) is 2. The van der Waals surface area contributed by atoms with Crippen LogP contribution >= 0.6 is 12.4 Å². The van der Waals surface area contributed by atoms with Crippen molar-refractivity contribution >= 4 is 18.1 Å². The number of fused-ring (bicyclic) bond motifs is 1. The van der Waals surface area contributed by atoms with Crippen LogP contribution in [0, 0.1) is 11.3 Å². The molecule has 92 valence electrons. The summed E-state index contributed by atoms with van der Waals surface area (Å²) in [6, 6.07) is 12.5. The van der Waals surface area contributed by atoms with Gasteiger partial charge in [-0.2, -0.15) is 5.26 Å². The fourth-order valence-corrected chi connectivity index (χ4v) is 2.38. The molecule has 0 fully saturated rings. The summed E-state index contributed by atoms with van der Waals surface area (Å²) in [4.78, 5) is 0. The van der Waals surface area contributed by atoms with Crippen molar-refractivity contribution in [3.63, 3.8) is 0 Å². The number of nitrogens with zero attached hydrogens (tertiary/aromatic N) is 2. The standard InChI is InChI=1S/C14H13N3.ClH/c1-17-12(9-15)3-5-14(17)11-2-4-13-10(8-11)6-7-16-13;/h2-5,8,16H,6-7H2,1H3;1H. The molecule has 3 nitrogen and oxygen atoms in total. The summed E-state index contributed by atoms with van der Waals surface area (Å²) >= 11 is 0. The van der Waals surface area contributed by atoms with E-state index in [1.165, 1.54) is 16.8 Å². The molecule has 2 heterocycles. The van der Waals surface area contributed by atoms with Gasteiger partial charge in [0.1, 0.15) is 11.8 Å². The Morgan fingerprint density at radius 3 is 2.83 bits per heavy atom. The normalized spacial score (nSPS) is 12.2. The molecule has 0 saturated carbocycles. The first-order chi connectivity index (χ1) is 8.29. The summed E-state index contributed by atoms with van der Waals surface area (Å²) in [6.45, 7) is 1.02. The van der Waals surface area contributed by atoms with Crippen molar-refractivity contribution < 1.29 is 0 Å². The van der Waals surface area contributed by atoms with Gasteiger partial charge in [-0.25, -0.2) is 0 Å². The molecule has 0 unspecified atom stereocenters. The summed E-state index contributed by atoms with van der Waals surface area (Å²) in [5.74, 6) is 0. The largest absolute Gasteiger partial charge is 0.384 e. The van der Waals surface area contributed by atoms with Crippen LogP contribution in [0.5, 0.6) is 0 Å². The molecule has 0 atom stereocenters. The van der Waals surface area contributed by atoms with E-state index in [1.54, 1.807) is 0 Å². The number of halogens is 1. The Bertz CT molecular complexity index is 622. The summed E-state index contributed by atoms with van der Waals surface area (Å²) in [6.07, 6.45) is 1.08. The van der Waals surface area contributed by atoms with Crippen LogP contribution in [-0.2, 0) is 13.5 Å². The molecule has 0 spiro atoms. The highest BCUT2D eigenvalue weighted by Crippen LogP contribution is 2.29. The molecule has 3 rings (SSSR count). The number of anilines is 1. The first kappa shape index (κ1) is 12.5. The number of aromatic nitrogens is 1. The number of benzene rings is 1. The molecule has 1 aromatic carbocycles. The maximum atomic E-state index is 8.95. The Hall–Kier alpha value is -1.92. The van der Waals surface area contributed by atoms with Gasteiger partial charge in [0.2, 0.25) is 0 Å². The Labute approximate surface area is 112 Å². The van der Waals surface area contributed by atoms with Crippen LogP contribution in [0.1, 0.15) is 11.3 Å². The van der Waals surface area contributed by atoms with Crippen molar-refractivity contribution in [3.05, 3.63) is 41.6 Å². The minimum absolute atomic E-state index is 0. The highest BCUT2D eigenvalue weighted by atomic mass is 35.5. The SMILES string of the molecule is Cl.Cn1c(C#N)ccc1-c1ccc2c(c1)CCN2. The zero-order valence-electron chi connectivity index (χ0n) is 10.1. The first-order valence-electron chi connectivity index (χ1n) is 5.72. The predicted molar refractivity (Wildman–Crippen MR) is 75.0 cm³/mol. The van der Waals surface area contributed by atoms with Crippen LogP contribution in [0.2, 0.25) is 0 Å². The van der Waals surface area contributed by atoms with Gasteiger partial charge < -0.3 is 9.88 Å². The monoisotopic (exact) mass is 259 g/mol. The van der Waals surface area contributed by atoms with Crippen LogP contribution in [0.3, 0.4) is 0 Å². The van der Waals surface area contributed by atoms with Crippen molar-refractivity contribution in [2.45, 2.75) is 6.42 Å². The smallest absolute Gasteiger partial charge is 0.120 e. The molecule has 0 radical (unpaired) electrons. The van der Waals surface area contributed by atoms with Crippen molar-refractivity contribution in [1.29, 1.82) is 5.26 Å². The van der Waals surface area contributed by atoms with Crippen molar-refractivity contribution in [3.8, 4) is 17.3 Å². The van der Waals surface area contributed by atoms with Crippen LogP contribution in [0.4, 0.5) is 5.69 Å². The second-order valence-corrected chi connectivity index (χ2v) is 4.32. The Morgan fingerprint density at radius 1 is 1.28 bits per heavy atom. The minimum atomic E-state index is 0. The van der Waals surface area contributed by atoms with E-state index < -0.39 is 0 Å².